The van der Waals surface area contributed by atoms with Gasteiger partial charge >= 0.3 is 0 Å². The van der Waals surface area contributed by atoms with E-state index in [0.717, 1.165) is 13.1 Å². The molecule has 1 atom stereocenters. The Hall–Kier alpha value is -1.72. The van der Waals surface area contributed by atoms with Crippen LogP contribution in [0.15, 0.2) is 24.3 Å². The molecule has 0 spiro atoms. The summed E-state index contributed by atoms with van der Waals surface area (Å²) in [5.41, 5.74) is 1.13. The van der Waals surface area contributed by atoms with Crippen LogP contribution >= 0.6 is 0 Å². The standard InChI is InChI=1S/C15H20N2O3/c1-11(17-7-9-20-10-8-17)15(19)16-14-6-4-3-5-13(14)12(2)18/h3-6,11H,7-10H2,1-2H3,(H,16,19)/p+1/t11-/m0/s1. The lowest BCUT2D eigenvalue weighted by Crippen LogP contribution is -3.18. The zero-order valence-corrected chi connectivity index (χ0v) is 11.9. The number of carbonyl (C=O) groups is 2. The van der Waals surface area contributed by atoms with Crippen molar-refractivity contribution in [1.29, 1.82) is 0 Å². The van der Waals surface area contributed by atoms with E-state index in [0.29, 0.717) is 24.5 Å². The van der Waals surface area contributed by atoms with E-state index in [2.05, 4.69) is 5.32 Å². The Bertz CT molecular complexity index is 496. The fraction of sp³-hybridized carbons (Fsp3) is 0.467. The average molecular weight is 277 g/mol. The van der Waals surface area contributed by atoms with E-state index in [1.165, 1.54) is 11.8 Å². The molecule has 0 unspecified atom stereocenters. The molecule has 1 fully saturated rings. The number of ether oxygens (including phenoxy) is 1. The molecule has 5 nitrogen and oxygen atoms in total. The van der Waals surface area contributed by atoms with Gasteiger partial charge in [-0.25, -0.2) is 0 Å². The SMILES string of the molecule is CC(=O)c1ccccc1NC(=O)[C@H](C)[NH+]1CCOCC1. The van der Waals surface area contributed by atoms with Gasteiger partial charge < -0.3 is 15.0 Å². The second-order valence-corrected chi connectivity index (χ2v) is 5.08. The molecule has 0 aliphatic carbocycles. The molecular weight excluding hydrogens is 256 g/mol. The molecule has 1 amide bonds. The molecule has 20 heavy (non-hydrogen) atoms. The van der Waals surface area contributed by atoms with Gasteiger partial charge in [-0.3, -0.25) is 9.59 Å². The highest BCUT2D eigenvalue weighted by Crippen LogP contribution is 2.15. The molecule has 1 aliphatic heterocycles. The average Bonchev–Trinajstić information content (AvgIpc) is 2.47. The minimum atomic E-state index is -0.154. The number of benzene rings is 1. The summed E-state index contributed by atoms with van der Waals surface area (Å²) in [4.78, 5) is 25.1. The van der Waals surface area contributed by atoms with Crippen LogP contribution in [0.4, 0.5) is 5.69 Å². The summed E-state index contributed by atoms with van der Waals surface area (Å²) >= 11 is 0. The first-order valence-corrected chi connectivity index (χ1v) is 6.92. The zero-order valence-electron chi connectivity index (χ0n) is 11.9. The number of anilines is 1. The van der Waals surface area contributed by atoms with Crippen LogP contribution in [-0.2, 0) is 9.53 Å². The Labute approximate surface area is 118 Å². The van der Waals surface area contributed by atoms with Crippen LogP contribution in [0.3, 0.4) is 0 Å². The van der Waals surface area contributed by atoms with E-state index in [9.17, 15) is 9.59 Å². The highest BCUT2D eigenvalue weighted by atomic mass is 16.5. The fourth-order valence-corrected chi connectivity index (χ4v) is 2.39. The Morgan fingerprint density at radius 1 is 1.25 bits per heavy atom. The normalized spacial score (nSPS) is 17.5. The van der Waals surface area contributed by atoms with E-state index < -0.39 is 0 Å². The summed E-state index contributed by atoms with van der Waals surface area (Å²) in [6.45, 7) is 6.47. The number of morpholine rings is 1. The summed E-state index contributed by atoms with van der Waals surface area (Å²) in [6, 6.07) is 6.94. The van der Waals surface area contributed by atoms with Crippen molar-refractivity contribution < 1.29 is 19.2 Å². The van der Waals surface area contributed by atoms with E-state index >= 15 is 0 Å². The summed E-state index contributed by atoms with van der Waals surface area (Å²) < 4.78 is 5.30. The largest absolute Gasteiger partial charge is 0.370 e. The van der Waals surface area contributed by atoms with E-state index in [4.69, 9.17) is 4.74 Å². The van der Waals surface area contributed by atoms with Crippen LogP contribution < -0.4 is 10.2 Å². The molecule has 0 saturated carbocycles. The third-order valence-corrected chi connectivity index (χ3v) is 3.70. The Morgan fingerprint density at radius 2 is 1.90 bits per heavy atom. The third-order valence-electron chi connectivity index (χ3n) is 3.70. The van der Waals surface area contributed by atoms with Crippen LogP contribution in [0.25, 0.3) is 0 Å². The van der Waals surface area contributed by atoms with Crippen molar-refractivity contribution in [2.75, 3.05) is 31.6 Å². The highest BCUT2D eigenvalue weighted by Gasteiger charge is 2.27. The summed E-state index contributed by atoms with van der Waals surface area (Å²) in [6.07, 6.45) is 0. The first-order valence-electron chi connectivity index (χ1n) is 6.92. The van der Waals surface area contributed by atoms with Gasteiger partial charge in [0.2, 0.25) is 0 Å². The van der Waals surface area contributed by atoms with Crippen LogP contribution in [-0.4, -0.2) is 44.0 Å². The minimum Gasteiger partial charge on any atom is -0.370 e. The number of rotatable bonds is 4. The number of quaternary nitrogens is 1. The molecule has 0 aromatic heterocycles. The van der Waals surface area contributed by atoms with Gasteiger partial charge in [0.15, 0.2) is 11.8 Å². The molecular formula is C15H21N2O3+. The lowest BCUT2D eigenvalue weighted by atomic mass is 10.1. The maximum absolute atomic E-state index is 12.3. The maximum Gasteiger partial charge on any atom is 0.282 e. The fourth-order valence-electron chi connectivity index (χ4n) is 2.39. The van der Waals surface area contributed by atoms with Gasteiger partial charge in [-0.1, -0.05) is 12.1 Å². The highest BCUT2D eigenvalue weighted by molar-refractivity contribution is 6.04. The van der Waals surface area contributed by atoms with E-state index in [1.807, 2.05) is 13.0 Å². The Kier molecular flexibility index (Phi) is 4.87. The maximum atomic E-state index is 12.3. The Balaban J connectivity index is 2.05. The number of ketones is 1. The minimum absolute atomic E-state index is 0.0488. The van der Waals surface area contributed by atoms with Gasteiger partial charge in [-0.15, -0.1) is 0 Å². The van der Waals surface area contributed by atoms with Crippen molar-refractivity contribution in [3.05, 3.63) is 29.8 Å². The van der Waals surface area contributed by atoms with Crippen molar-refractivity contribution in [2.45, 2.75) is 19.9 Å². The number of hydrogen-bond donors (Lipinski definition) is 2. The molecule has 1 heterocycles. The predicted octanol–water partition coefficient (Wildman–Crippen LogP) is 0.131. The lowest BCUT2D eigenvalue weighted by Gasteiger charge is -2.28. The Morgan fingerprint density at radius 3 is 2.55 bits per heavy atom. The van der Waals surface area contributed by atoms with Crippen molar-refractivity contribution >= 4 is 17.4 Å². The van der Waals surface area contributed by atoms with Crippen LogP contribution in [0.1, 0.15) is 24.2 Å². The number of amides is 1. The van der Waals surface area contributed by atoms with Crippen molar-refractivity contribution in [1.82, 2.24) is 0 Å². The number of carbonyl (C=O) groups excluding carboxylic acids is 2. The quantitative estimate of drug-likeness (QED) is 0.769. The van der Waals surface area contributed by atoms with Gasteiger partial charge in [-0.2, -0.15) is 0 Å². The van der Waals surface area contributed by atoms with Crippen LogP contribution in [0.2, 0.25) is 0 Å². The smallest absolute Gasteiger partial charge is 0.282 e. The molecule has 0 radical (unpaired) electrons. The molecule has 2 N–H and O–H groups in total. The molecule has 0 bridgehead atoms. The number of hydrogen-bond acceptors (Lipinski definition) is 3. The van der Waals surface area contributed by atoms with Crippen molar-refractivity contribution in [3.8, 4) is 0 Å². The summed E-state index contributed by atoms with van der Waals surface area (Å²) in [7, 11) is 0. The molecule has 1 aromatic carbocycles. The number of nitrogens with one attached hydrogen (secondary N) is 2. The molecule has 2 rings (SSSR count). The first-order chi connectivity index (χ1) is 9.59. The molecule has 5 heteroatoms. The van der Waals surface area contributed by atoms with Crippen LogP contribution in [0, 0.1) is 0 Å². The number of Topliss-reactive ketones (excluding diaryl/α,β-unsaturated/α-hetero) is 1. The monoisotopic (exact) mass is 277 g/mol. The van der Waals surface area contributed by atoms with E-state index in [-0.39, 0.29) is 17.7 Å². The second-order valence-electron chi connectivity index (χ2n) is 5.08. The second kappa shape index (κ2) is 6.63. The van der Waals surface area contributed by atoms with Gasteiger partial charge in [0.05, 0.1) is 18.9 Å². The molecule has 1 saturated heterocycles. The van der Waals surface area contributed by atoms with E-state index in [1.54, 1.807) is 18.2 Å². The zero-order chi connectivity index (χ0) is 14.5. The molecule has 1 aromatic rings. The van der Waals surface area contributed by atoms with Crippen LogP contribution in [0.5, 0.6) is 0 Å². The lowest BCUT2D eigenvalue weighted by molar-refractivity contribution is -0.921. The van der Waals surface area contributed by atoms with Gasteiger partial charge in [0.25, 0.3) is 5.91 Å². The van der Waals surface area contributed by atoms with Gasteiger partial charge in [0, 0.05) is 5.56 Å². The van der Waals surface area contributed by atoms with Crippen molar-refractivity contribution in [3.63, 3.8) is 0 Å². The number of para-hydroxylation sites is 1. The molecule has 108 valence electrons. The molecule has 1 aliphatic rings. The predicted molar refractivity (Wildman–Crippen MR) is 76.1 cm³/mol. The third kappa shape index (κ3) is 3.43. The first kappa shape index (κ1) is 14.7. The summed E-state index contributed by atoms with van der Waals surface area (Å²) in [5, 5.41) is 2.87. The van der Waals surface area contributed by atoms with Gasteiger partial charge in [0.1, 0.15) is 13.1 Å². The summed E-state index contributed by atoms with van der Waals surface area (Å²) in [5.74, 6) is -0.108. The van der Waals surface area contributed by atoms with Crippen molar-refractivity contribution in [2.24, 2.45) is 0 Å². The topological polar surface area (TPSA) is 59.8 Å². The van der Waals surface area contributed by atoms with Gasteiger partial charge in [-0.05, 0) is 26.0 Å².